The van der Waals surface area contributed by atoms with E-state index in [2.05, 4.69) is 31.9 Å². The van der Waals surface area contributed by atoms with Gasteiger partial charge in [0.1, 0.15) is 0 Å². The third kappa shape index (κ3) is 3.32. The number of hydrogen-bond acceptors (Lipinski definition) is 4. The average molecular weight is 488 g/mol. The number of carboxylic acids is 2. The predicted molar refractivity (Wildman–Crippen MR) is 102 cm³/mol. The Hall–Kier alpha value is -1.48. The van der Waals surface area contributed by atoms with Gasteiger partial charge in [0.05, 0.1) is 18.7 Å². The van der Waals surface area contributed by atoms with Gasteiger partial charge in [-0.25, -0.2) is 9.59 Å². The number of rotatable bonds is 4. The molecule has 3 rings (SSSR count). The summed E-state index contributed by atoms with van der Waals surface area (Å²) in [4.78, 5) is 24.8. The Morgan fingerprint density at radius 3 is 1.38 bits per heavy atom. The Labute approximate surface area is 161 Å². The van der Waals surface area contributed by atoms with Crippen LogP contribution >= 0.6 is 54.5 Å². The van der Waals surface area contributed by atoms with E-state index >= 15 is 0 Å². The van der Waals surface area contributed by atoms with Crippen molar-refractivity contribution in [2.45, 2.75) is 0 Å². The van der Waals surface area contributed by atoms with Gasteiger partial charge >= 0.3 is 11.9 Å². The molecule has 24 heavy (non-hydrogen) atoms. The van der Waals surface area contributed by atoms with E-state index in [1.165, 1.54) is 34.8 Å². The number of carboxylic acid groups (broad SMARTS) is 2. The molecule has 122 valence electrons. The van der Waals surface area contributed by atoms with Crippen molar-refractivity contribution in [3.05, 3.63) is 55.1 Å². The van der Waals surface area contributed by atoms with Gasteiger partial charge in [-0.1, -0.05) is 0 Å². The molecule has 0 unspecified atom stereocenters. The molecule has 0 bridgehead atoms. The van der Waals surface area contributed by atoms with Gasteiger partial charge in [0.2, 0.25) is 0 Å². The Kier molecular flexibility index (Phi) is 4.91. The highest BCUT2D eigenvalue weighted by Crippen LogP contribution is 2.39. The molecule has 0 radical (unpaired) electrons. The van der Waals surface area contributed by atoms with Crippen LogP contribution < -0.4 is 0 Å². The van der Waals surface area contributed by atoms with Crippen LogP contribution in [-0.4, -0.2) is 22.2 Å². The van der Waals surface area contributed by atoms with E-state index < -0.39 is 11.9 Å². The summed E-state index contributed by atoms with van der Waals surface area (Å²) < 4.78 is 1.69. The second kappa shape index (κ2) is 6.79. The maximum Gasteiger partial charge on any atom is 0.336 e. The van der Waals surface area contributed by atoms with Crippen LogP contribution in [0.25, 0.3) is 20.9 Å². The molecule has 2 N–H and O–H groups in total. The minimum Gasteiger partial charge on any atom is -0.478 e. The molecule has 3 aromatic rings. The molecule has 0 aliphatic heterocycles. The summed E-state index contributed by atoms with van der Waals surface area (Å²) in [5, 5.41) is 19.2. The topological polar surface area (TPSA) is 74.6 Å². The van der Waals surface area contributed by atoms with E-state index in [1.807, 2.05) is 0 Å². The van der Waals surface area contributed by atoms with Crippen molar-refractivity contribution in [3.63, 3.8) is 0 Å². The number of carbonyl (C=O) groups is 2. The lowest BCUT2D eigenvalue weighted by Crippen LogP contribution is -2.05. The van der Waals surface area contributed by atoms with Crippen LogP contribution in [0.2, 0.25) is 0 Å². The second-order valence-corrected chi connectivity index (χ2v) is 9.69. The summed E-state index contributed by atoms with van der Waals surface area (Å²) in [6, 6.07) is 10.0. The van der Waals surface area contributed by atoms with Crippen molar-refractivity contribution < 1.29 is 19.8 Å². The lowest BCUT2D eigenvalue weighted by molar-refractivity contribution is 0.0682. The zero-order chi connectivity index (χ0) is 17.4. The van der Waals surface area contributed by atoms with Crippen molar-refractivity contribution in [1.82, 2.24) is 0 Å². The van der Waals surface area contributed by atoms with Gasteiger partial charge < -0.3 is 10.2 Å². The highest BCUT2D eigenvalue weighted by atomic mass is 79.9. The largest absolute Gasteiger partial charge is 0.478 e. The van der Waals surface area contributed by atoms with Crippen molar-refractivity contribution in [2.75, 3.05) is 0 Å². The standard InChI is InChI=1S/C16H8Br2O4S2/c17-13-3-1-11(23-13)7-5-10(16(21)22)8(6-9(7)15(19)20)12-2-4-14(18)24-12/h1-6H,(H,19,20)(H,21,22). The third-order valence-electron chi connectivity index (χ3n) is 3.30. The van der Waals surface area contributed by atoms with Crippen LogP contribution in [0, 0.1) is 0 Å². The van der Waals surface area contributed by atoms with Gasteiger partial charge in [0, 0.05) is 20.9 Å². The van der Waals surface area contributed by atoms with Crippen molar-refractivity contribution in [3.8, 4) is 20.9 Å². The molecular weight excluding hydrogens is 480 g/mol. The lowest BCUT2D eigenvalue weighted by atomic mass is 9.96. The van der Waals surface area contributed by atoms with Gasteiger partial charge in [-0.3, -0.25) is 0 Å². The monoisotopic (exact) mass is 486 g/mol. The van der Waals surface area contributed by atoms with E-state index in [-0.39, 0.29) is 11.1 Å². The SMILES string of the molecule is O=C(O)c1cc(-c2ccc(Br)s2)c(C(=O)O)cc1-c1ccc(Br)s1. The summed E-state index contributed by atoms with van der Waals surface area (Å²) in [5.74, 6) is -2.19. The Balaban J connectivity index is 2.30. The normalized spacial score (nSPS) is 10.8. The van der Waals surface area contributed by atoms with Crippen LogP contribution in [0.3, 0.4) is 0 Å². The molecule has 0 amide bonds. The molecule has 4 nitrogen and oxygen atoms in total. The van der Waals surface area contributed by atoms with Crippen LogP contribution in [0.15, 0.2) is 44.0 Å². The fourth-order valence-corrected chi connectivity index (χ4v) is 5.11. The highest BCUT2D eigenvalue weighted by Gasteiger charge is 2.22. The minimum absolute atomic E-state index is 0.0777. The molecule has 1 aromatic carbocycles. The fourth-order valence-electron chi connectivity index (χ4n) is 2.28. The van der Waals surface area contributed by atoms with Gasteiger partial charge in [0.25, 0.3) is 0 Å². The van der Waals surface area contributed by atoms with E-state index in [4.69, 9.17) is 0 Å². The maximum atomic E-state index is 11.7. The molecule has 0 atom stereocenters. The van der Waals surface area contributed by atoms with Crippen molar-refractivity contribution in [1.29, 1.82) is 0 Å². The summed E-state index contributed by atoms with van der Waals surface area (Å²) in [6.45, 7) is 0. The fraction of sp³-hybridized carbons (Fsp3) is 0. The highest BCUT2D eigenvalue weighted by molar-refractivity contribution is 9.11. The quantitative estimate of drug-likeness (QED) is 0.468. The van der Waals surface area contributed by atoms with Crippen LogP contribution in [0.1, 0.15) is 20.7 Å². The third-order valence-corrected chi connectivity index (χ3v) is 6.61. The van der Waals surface area contributed by atoms with Crippen LogP contribution in [-0.2, 0) is 0 Å². The van der Waals surface area contributed by atoms with Crippen molar-refractivity contribution >= 4 is 66.5 Å². The summed E-state index contributed by atoms with van der Waals surface area (Å²) in [7, 11) is 0. The first-order chi connectivity index (χ1) is 11.4. The molecule has 2 heterocycles. The molecule has 0 aliphatic carbocycles. The number of hydrogen-bond donors (Lipinski definition) is 2. The van der Waals surface area contributed by atoms with Crippen LogP contribution in [0.5, 0.6) is 0 Å². The van der Waals surface area contributed by atoms with E-state index in [0.29, 0.717) is 20.9 Å². The first kappa shape index (κ1) is 17.3. The van der Waals surface area contributed by atoms with Crippen LogP contribution in [0.4, 0.5) is 0 Å². The molecule has 0 spiro atoms. The van der Waals surface area contributed by atoms with Crippen molar-refractivity contribution in [2.24, 2.45) is 0 Å². The number of thiophene rings is 2. The predicted octanol–water partition coefficient (Wildman–Crippen LogP) is 6.07. The zero-order valence-electron chi connectivity index (χ0n) is 11.7. The minimum atomic E-state index is -1.09. The molecule has 0 saturated carbocycles. The molecule has 0 aliphatic rings. The van der Waals surface area contributed by atoms with Gasteiger partial charge in [-0.15, -0.1) is 22.7 Å². The smallest absolute Gasteiger partial charge is 0.336 e. The second-order valence-electron chi connectivity index (χ2n) is 4.76. The van der Waals surface area contributed by atoms with E-state index in [9.17, 15) is 19.8 Å². The summed E-state index contributed by atoms with van der Waals surface area (Å²) >= 11 is 9.40. The Morgan fingerprint density at radius 2 is 1.12 bits per heavy atom. The maximum absolute atomic E-state index is 11.7. The van der Waals surface area contributed by atoms with Gasteiger partial charge in [-0.05, 0) is 68.3 Å². The first-order valence-electron chi connectivity index (χ1n) is 6.53. The number of aromatic carboxylic acids is 2. The average Bonchev–Trinajstić information content (AvgIpc) is 3.14. The molecule has 8 heteroatoms. The first-order valence-corrected chi connectivity index (χ1v) is 9.74. The zero-order valence-corrected chi connectivity index (χ0v) is 16.6. The summed E-state index contributed by atoms with van der Waals surface area (Å²) in [5.41, 5.74) is 0.952. The Morgan fingerprint density at radius 1 is 0.750 bits per heavy atom. The van der Waals surface area contributed by atoms with Gasteiger partial charge in [0.15, 0.2) is 0 Å². The van der Waals surface area contributed by atoms with E-state index in [1.54, 1.807) is 24.3 Å². The molecule has 0 saturated heterocycles. The molecule has 0 fully saturated rings. The molecule has 2 aromatic heterocycles. The number of benzene rings is 1. The Bertz CT molecular complexity index is 881. The van der Waals surface area contributed by atoms with Gasteiger partial charge in [-0.2, -0.15) is 0 Å². The lowest BCUT2D eigenvalue weighted by Gasteiger charge is -2.10. The van der Waals surface area contributed by atoms with E-state index in [0.717, 1.165) is 7.57 Å². The molecular formula is C16H8Br2O4S2. The number of halogens is 2. The summed E-state index contributed by atoms with van der Waals surface area (Å²) in [6.07, 6.45) is 0.